The monoisotopic (exact) mass is 891 g/mol. The fraction of sp³-hybridized carbons (Fsp3) is 0.947. The SMILES string of the molecule is CCC(C)CCCCCCCCCCCCCCCCCCCCC(=O)OC[C@@H](COC(=O)CCCCCCCCC(C)C)OC(=O)CCCCCCCCCCCCC(C)CC. The van der Waals surface area contributed by atoms with E-state index in [9.17, 15) is 14.4 Å². The van der Waals surface area contributed by atoms with Crippen molar-refractivity contribution in [3.8, 4) is 0 Å². The van der Waals surface area contributed by atoms with Crippen LogP contribution in [0.25, 0.3) is 0 Å². The Morgan fingerprint density at radius 2 is 0.556 bits per heavy atom. The lowest BCUT2D eigenvalue weighted by Crippen LogP contribution is -2.30. The summed E-state index contributed by atoms with van der Waals surface area (Å²) in [5.74, 6) is 1.69. The molecular formula is C57H110O6. The quantitative estimate of drug-likeness (QED) is 0.0344. The highest BCUT2D eigenvalue weighted by atomic mass is 16.6. The Kier molecular flexibility index (Phi) is 47.1. The van der Waals surface area contributed by atoms with E-state index in [-0.39, 0.29) is 31.1 Å². The second-order valence-corrected chi connectivity index (χ2v) is 20.5. The molecule has 0 radical (unpaired) electrons. The Balaban J connectivity index is 4.18. The van der Waals surface area contributed by atoms with Gasteiger partial charge in [-0.15, -0.1) is 0 Å². The zero-order valence-corrected chi connectivity index (χ0v) is 43.4. The van der Waals surface area contributed by atoms with Gasteiger partial charge in [-0.3, -0.25) is 14.4 Å². The molecule has 0 aromatic heterocycles. The molecule has 0 saturated carbocycles. The van der Waals surface area contributed by atoms with Crippen molar-refractivity contribution in [2.75, 3.05) is 13.2 Å². The minimum Gasteiger partial charge on any atom is -0.462 e. The average Bonchev–Trinajstić information content (AvgIpc) is 3.27. The van der Waals surface area contributed by atoms with Gasteiger partial charge in [0.25, 0.3) is 0 Å². The molecule has 0 aliphatic rings. The predicted molar refractivity (Wildman–Crippen MR) is 270 cm³/mol. The molecule has 0 aromatic carbocycles. The molecule has 0 bridgehead atoms. The van der Waals surface area contributed by atoms with Crippen LogP contribution in [0.4, 0.5) is 0 Å². The fourth-order valence-corrected chi connectivity index (χ4v) is 8.58. The van der Waals surface area contributed by atoms with Crippen molar-refractivity contribution in [3.05, 3.63) is 0 Å². The average molecular weight is 892 g/mol. The Labute approximate surface area is 393 Å². The molecule has 0 saturated heterocycles. The molecule has 6 heteroatoms. The Hall–Kier alpha value is -1.59. The van der Waals surface area contributed by atoms with Gasteiger partial charge in [0.1, 0.15) is 13.2 Å². The van der Waals surface area contributed by atoms with Gasteiger partial charge in [0.05, 0.1) is 0 Å². The number of esters is 3. The maximum Gasteiger partial charge on any atom is 0.306 e. The Morgan fingerprint density at radius 3 is 0.825 bits per heavy atom. The van der Waals surface area contributed by atoms with Crippen molar-refractivity contribution < 1.29 is 28.6 Å². The maximum absolute atomic E-state index is 12.8. The summed E-state index contributed by atoms with van der Waals surface area (Å²) >= 11 is 0. The summed E-state index contributed by atoms with van der Waals surface area (Å²) in [5, 5.41) is 0. The molecule has 0 amide bonds. The van der Waals surface area contributed by atoms with Crippen molar-refractivity contribution in [3.63, 3.8) is 0 Å². The maximum atomic E-state index is 12.8. The van der Waals surface area contributed by atoms with Crippen LogP contribution in [0.15, 0.2) is 0 Å². The van der Waals surface area contributed by atoms with Gasteiger partial charge in [-0.1, -0.05) is 273 Å². The van der Waals surface area contributed by atoms with E-state index in [2.05, 4.69) is 41.5 Å². The molecule has 374 valence electrons. The molecule has 63 heavy (non-hydrogen) atoms. The van der Waals surface area contributed by atoms with Crippen LogP contribution >= 0.6 is 0 Å². The van der Waals surface area contributed by atoms with Crippen LogP contribution in [-0.2, 0) is 28.6 Å². The lowest BCUT2D eigenvalue weighted by molar-refractivity contribution is -0.167. The second-order valence-electron chi connectivity index (χ2n) is 20.5. The highest BCUT2D eigenvalue weighted by Crippen LogP contribution is 2.19. The van der Waals surface area contributed by atoms with Crippen molar-refractivity contribution in [1.29, 1.82) is 0 Å². The predicted octanol–water partition coefficient (Wildman–Crippen LogP) is 18.3. The summed E-state index contributed by atoms with van der Waals surface area (Å²) in [4.78, 5) is 38.0. The molecule has 2 unspecified atom stereocenters. The highest BCUT2D eigenvalue weighted by Gasteiger charge is 2.19. The van der Waals surface area contributed by atoms with E-state index in [1.165, 1.54) is 193 Å². The number of hydrogen-bond acceptors (Lipinski definition) is 6. The number of carbonyl (C=O) groups excluding carboxylic acids is 3. The highest BCUT2D eigenvalue weighted by molar-refractivity contribution is 5.71. The van der Waals surface area contributed by atoms with E-state index in [0.29, 0.717) is 19.3 Å². The third-order valence-electron chi connectivity index (χ3n) is 13.6. The van der Waals surface area contributed by atoms with Gasteiger partial charge in [0.2, 0.25) is 0 Å². The van der Waals surface area contributed by atoms with Gasteiger partial charge in [0, 0.05) is 19.3 Å². The number of rotatable bonds is 50. The molecule has 3 atom stereocenters. The normalized spacial score (nSPS) is 13.0. The number of unbranched alkanes of at least 4 members (excludes halogenated alkanes) is 31. The standard InChI is InChI=1S/C57H110O6/c1-7-52(5)44-38-32-25-21-17-15-13-11-9-10-12-14-16-18-23-27-34-40-46-55(58)61-49-54(50-62-56(59)47-41-35-30-29-31-37-43-51(3)4)63-57(60)48-42-36-28-24-20-19-22-26-33-39-45-53(6)8-2/h51-54H,7-50H2,1-6H3/t52?,53?,54-/m0/s1. The molecular weight excluding hydrogens is 781 g/mol. The smallest absolute Gasteiger partial charge is 0.306 e. The lowest BCUT2D eigenvalue weighted by atomic mass is 9.99. The van der Waals surface area contributed by atoms with Gasteiger partial charge in [-0.25, -0.2) is 0 Å². The van der Waals surface area contributed by atoms with E-state index in [0.717, 1.165) is 75.5 Å². The molecule has 0 rings (SSSR count). The van der Waals surface area contributed by atoms with Gasteiger partial charge in [-0.2, -0.15) is 0 Å². The van der Waals surface area contributed by atoms with Crippen LogP contribution in [0.5, 0.6) is 0 Å². The van der Waals surface area contributed by atoms with Crippen LogP contribution < -0.4 is 0 Å². The Bertz CT molecular complexity index is 980. The minimum absolute atomic E-state index is 0.0649. The molecule has 0 N–H and O–H groups in total. The van der Waals surface area contributed by atoms with Crippen molar-refractivity contribution in [2.24, 2.45) is 17.8 Å². The van der Waals surface area contributed by atoms with E-state index in [4.69, 9.17) is 14.2 Å². The topological polar surface area (TPSA) is 78.9 Å². The summed E-state index contributed by atoms with van der Waals surface area (Å²) in [7, 11) is 0. The second kappa shape index (κ2) is 48.3. The first kappa shape index (κ1) is 61.4. The summed E-state index contributed by atoms with van der Waals surface area (Å²) in [6, 6.07) is 0. The van der Waals surface area contributed by atoms with Gasteiger partial charge < -0.3 is 14.2 Å². The van der Waals surface area contributed by atoms with Crippen LogP contribution in [0.1, 0.15) is 311 Å². The third kappa shape index (κ3) is 48.2. The van der Waals surface area contributed by atoms with E-state index >= 15 is 0 Å². The van der Waals surface area contributed by atoms with E-state index in [1.54, 1.807) is 0 Å². The zero-order valence-electron chi connectivity index (χ0n) is 43.4. The molecule has 6 nitrogen and oxygen atoms in total. The molecule has 0 aliphatic carbocycles. The Morgan fingerprint density at radius 1 is 0.317 bits per heavy atom. The molecule has 0 spiro atoms. The lowest BCUT2D eigenvalue weighted by Gasteiger charge is -2.18. The largest absolute Gasteiger partial charge is 0.462 e. The van der Waals surface area contributed by atoms with Crippen molar-refractivity contribution in [2.45, 2.75) is 317 Å². The van der Waals surface area contributed by atoms with Crippen molar-refractivity contribution in [1.82, 2.24) is 0 Å². The summed E-state index contributed by atoms with van der Waals surface area (Å²) in [5.41, 5.74) is 0. The minimum atomic E-state index is -0.763. The number of carbonyl (C=O) groups is 3. The molecule has 0 aromatic rings. The van der Waals surface area contributed by atoms with Crippen molar-refractivity contribution >= 4 is 17.9 Å². The van der Waals surface area contributed by atoms with Gasteiger partial charge in [-0.05, 0) is 37.0 Å². The number of ether oxygens (including phenoxy) is 3. The van der Waals surface area contributed by atoms with Crippen LogP contribution in [0.3, 0.4) is 0 Å². The first-order valence-electron chi connectivity index (χ1n) is 28.2. The summed E-state index contributed by atoms with van der Waals surface area (Å²) < 4.78 is 16.8. The third-order valence-corrected chi connectivity index (χ3v) is 13.6. The first-order chi connectivity index (χ1) is 30.7. The van der Waals surface area contributed by atoms with E-state index < -0.39 is 6.10 Å². The van der Waals surface area contributed by atoms with Crippen LogP contribution in [-0.4, -0.2) is 37.2 Å². The van der Waals surface area contributed by atoms with Crippen LogP contribution in [0, 0.1) is 17.8 Å². The van der Waals surface area contributed by atoms with E-state index in [1.807, 2.05) is 0 Å². The summed E-state index contributed by atoms with van der Waals surface area (Å²) in [6.07, 6.45) is 49.6. The molecule has 0 heterocycles. The fourth-order valence-electron chi connectivity index (χ4n) is 8.58. The van der Waals surface area contributed by atoms with Gasteiger partial charge >= 0.3 is 17.9 Å². The van der Waals surface area contributed by atoms with Crippen LogP contribution in [0.2, 0.25) is 0 Å². The van der Waals surface area contributed by atoms with Gasteiger partial charge in [0.15, 0.2) is 6.10 Å². The zero-order chi connectivity index (χ0) is 46.3. The summed E-state index contributed by atoms with van der Waals surface area (Å²) in [6.45, 7) is 13.7. The molecule has 0 aliphatic heterocycles. The number of hydrogen-bond donors (Lipinski definition) is 0. The molecule has 0 fully saturated rings. The first-order valence-corrected chi connectivity index (χ1v) is 28.2.